The van der Waals surface area contributed by atoms with Crippen LogP contribution in [-0.2, 0) is 0 Å². The Labute approximate surface area is 67.8 Å². The molecule has 11 heavy (non-hydrogen) atoms. The first-order valence-corrected chi connectivity index (χ1v) is 4.69. The van der Waals surface area contributed by atoms with Crippen LogP contribution in [0.2, 0.25) is 0 Å². The molecule has 2 atom stereocenters. The zero-order chi connectivity index (χ0) is 7.84. The monoisotopic (exact) mass is 155 g/mol. The Bertz CT molecular complexity index is 134. The zero-order valence-electron chi connectivity index (χ0n) is 6.87. The summed E-state index contributed by atoms with van der Waals surface area (Å²) >= 11 is 0. The summed E-state index contributed by atoms with van der Waals surface area (Å²) in [7, 11) is 0. The van der Waals surface area contributed by atoms with Crippen LogP contribution >= 0.6 is 0 Å². The highest BCUT2D eigenvalue weighted by atomic mass is 16.3. The second kappa shape index (κ2) is 2.76. The molecule has 3 N–H and O–H groups in total. The molecule has 0 aromatic carbocycles. The second-order valence-corrected chi connectivity index (χ2v) is 4.16. The topological polar surface area (TPSA) is 46.2 Å². The number of aliphatic hydroxyl groups excluding tert-OH is 1. The van der Waals surface area contributed by atoms with Gasteiger partial charge in [-0.15, -0.1) is 0 Å². The predicted octanol–water partition coefficient (Wildman–Crippen LogP) is 0.742. The standard InChI is InChI=1S/C9H17NO/c10-5-6-3-7-1-2-8(4-6)9(7)11/h6-9,11H,1-5,10H2/t6?,7-,8-,9?/m1/s1. The molecule has 2 bridgehead atoms. The molecule has 2 heteroatoms. The number of hydrogen-bond acceptors (Lipinski definition) is 2. The Kier molecular flexibility index (Phi) is 1.90. The van der Waals surface area contributed by atoms with Gasteiger partial charge in [-0.3, -0.25) is 0 Å². The van der Waals surface area contributed by atoms with E-state index in [1.54, 1.807) is 0 Å². The maximum Gasteiger partial charge on any atom is 0.0596 e. The van der Waals surface area contributed by atoms with Crippen LogP contribution in [-0.4, -0.2) is 17.8 Å². The van der Waals surface area contributed by atoms with E-state index in [1.807, 2.05) is 0 Å². The molecule has 0 heterocycles. The lowest BCUT2D eigenvalue weighted by Gasteiger charge is -2.31. The van der Waals surface area contributed by atoms with Crippen molar-refractivity contribution < 1.29 is 5.11 Å². The molecular weight excluding hydrogens is 138 g/mol. The summed E-state index contributed by atoms with van der Waals surface area (Å²) in [5.41, 5.74) is 5.62. The van der Waals surface area contributed by atoms with E-state index in [0.29, 0.717) is 17.8 Å². The third-order valence-electron chi connectivity index (χ3n) is 3.48. The van der Waals surface area contributed by atoms with Crippen LogP contribution in [0.1, 0.15) is 25.7 Å². The van der Waals surface area contributed by atoms with Crippen LogP contribution < -0.4 is 5.73 Å². The molecule has 0 radical (unpaired) electrons. The maximum atomic E-state index is 9.68. The summed E-state index contributed by atoms with van der Waals surface area (Å²) in [6.45, 7) is 0.819. The Balaban J connectivity index is 2.02. The largest absolute Gasteiger partial charge is 0.393 e. The lowest BCUT2D eigenvalue weighted by Crippen LogP contribution is -2.33. The normalized spacial score (nSPS) is 49.6. The summed E-state index contributed by atoms with van der Waals surface area (Å²) in [6.07, 6.45) is 4.84. The first kappa shape index (κ1) is 7.56. The number of rotatable bonds is 1. The summed E-state index contributed by atoms with van der Waals surface area (Å²) in [5.74, 6) is 1.88. The molecule has 2 fully saturated rings. The third-order valence-corrected chi connectivity index (χ3v) is 3.48. The van der Waals surface area contributed by atoms with Gasteiger partial charge in [0, 0.05) is 0 Å². The highest BCUT2D eigenvalue weighted by Crippen LogP contribution is 2.44. The molecule has 2 aliphatic rings. The number of aliphatic hydroxyl groups is 1. The van der Waals surface area contributed by atoms with Crippen LogP contribution in [0.3, 0.4) is 0 Å². The molecule has 0 aromatic heterocycles. The Morgan fingerprint density at radius 2 is 1.73 bits per heavy atom. The molecule has 2 aliphatic carbocycles. The van der Waals surface area contributed by atoms with E-state index in [9.17, 15) is 5.11 Å². The number of nitrogens with two attached hydrogens (primary N) is 1. The average Bonchev–Trinajstić information content (AvgIpc) is 2.26. The van der Waals surface area contributed by atoms with Gasteiger partial charge >= 0.3 is 0 Å². The van der Waals surface area contributed by atoms with E-state index >= 15 is 0 Å². The van der Waals surface area contributed by atoms with E-state index < -0.39 is 0 Å². The molecule has 0 aromatic rings. The molecule has 0 saturated heterocycles. The van der Waals surface area contributed by atoms with Crippen molar-refractivity contribution in [3.63, 3.8) is 0 Å². The summed E-state index contributed by atoms with van der Waals surface area (Å²) in [6, 6.07) is 0. The zero-order valence-corrected chi connectivity index (χ0v) is 6.87. The van der Waals surface area contributed by atoms with E-state index in [4.69, 9.17) is 5.73 Å². The maximum absolute atomic E-state index is 9.68. The second-order valence-electron chi connectivity index (χ2n) is 4.16. The molecule has 2 rings (SSSR count). The minimum Gasteiger partial charge on any atom is -0.393 e. The van der Waals surface area contributed by atoms with Gasteiger partial charge in [-0.05, 0) is 50.0 Å². The SMILES string of the molecule is NCC1C[C@H]2CC[C@H](C1)C2O. The lowest BCUT2D eigenvalue weighted by atomic mass is 9.79. The van der Waals surface area contributed by atoms with Crippen LogP contribution in [0.25, 0.3) is 0 Å². The van der Waals surface area contributed by atoms with Gasteiger partial charge in [0.05, 0.1) is 6.10 Å². The molecule has 0 spiro atoms. The minimum atomic E-state index is 0.0119. The molecule has 2 nitrogen and oxygen atoms in total. The molecule has 2 saturated carbocycles. The van der Waals surface area contributed by atoms with Gasteiger partial charge in [-0.25, -0.2) is 0 Å². The van der Waals surface area contributed by atoms with Crippen LogP contribution in [0.15, 0.2) is 0 Å². The van der Waals surface area contributed by atoms with Gasteiger partial charge in [0.25, 0.3) is 0 Å². The summed E-state index contributed by atoms with van der Waals surface area (Å²) < 4.78 is 0. The van der Waals surface area contributed by atoms with Crippen molar-refractivity contribution in [3.8, 4) is 0 Å². The summed E-state index contributed by atoms with van der Waals surface area (Å²) in [4.78, 5) is 0. The number of fused-ring (bicyclic) bond motifs is 2. The predicted molar refractivity (Wildman–Crippen MR) is 44.0 cm³/mol. The minimum absolute atomic E-state index is 0.0119. The van der Waals surface area contributed by atoms with Gasteiger partial charge in [-0.2, -0.15) is 0 Å². The third kappa shape index (κ3) is 1.18. The van der Waals surface area contributed by atoms with Crippen molar-refractivity contribution in [2.24, 2.45) is 23.5 Å². The van der Waals surface area contributed by atoms with E-state index in [-0.39, 0.29) is 6.10 Å². The van der Waals surface area contributed by atoms with Gasteiger partial charge in [-0.1, -0.05) is 0 Å². The quantitative estimate of drug-likeness (QED) is 0.586. The molecule has 0 aliphatic heterocycles. The van der Waals surface area contributed by atoms with Crippen molar-refractivity contribution in [2.45, 2.75) is 31.8 Å². The Hall–Kier alpha value is -0.0800. The first-order valence-electron chi connectivity index (χ1n) is 4.69. The molecular formula is C9H17NO. The molecule has 0 amide bonds. The smallest absolute Gasteiger partial charge is 0.0596 e. The lowest BCUT2D eigenvalue weighted by molar-refractivity contribution is 0.0400. The van der Waals surface area contributed by atoms with E-state index in [1.165, 1.54) is 25.7 Å². The van der Waals surface area contributed by atoms with Crippen molar-refractivity contribution in [1.29, 1.82) is 0 Å². The van der Waals surface area contributed by atoms with Crippen LogP contribution in [0, 0.1) is 17.8 Å². The fourth-order valence-corrected chi connectivity index (χ4v) is 2.81. The van der Waals surface area contributed by atoms with Crippen molar-refractivity contribution in [1.82, 2.24) is 0 Å². The highest BCUT2D eigenvalue weighted by Gasteiger charge is 2.40. The fourth-order valence-electron chi connectivity index (χ4n) is 2.81. The van der Waals surface area contributed by atoms with Crippen molar-refractivity contribution in [3.05, 3.63) is 0 Å². The van der Waals surface area contributed by atoms with Gasteiger partial charge in [0.15, 0.2) is 0 Å². The van der Waals surface area contributed by atoms with Gasteiger partial charge in [0.1, 0.15) is 0 Å². The Morgan fingerprint density at radius 1 is 1.18 bits per heavy atom. The first-order chi connectivity index (χ1) is 5.31. The number of hydrogen-bond donors (Lipinski definition) is 2. The van der Waals surface area contributed by atoms with Gasteiger partial charge in [0.2, 0.25) is 0 Å². The van der Waals surface area contributed by atoms with Crippen LogP contribution in [0.5, 0.6) is 0 Å². The fraction of sp³-hybridized carbons (Fsp3) is 1.00. The molecule has 64 valence electrons. The molecule has 0 unspecified atom stereocenters. The van der Waals surface area contributed by atoms with Crippen molar-refractivity contribution in [2.75, 3.05) is 6.54 Å². The van der Waals surface area contributed by atoms with E-state index in [0.717, 1.165) is 6.54 Å². The van der Waals surface area contributed by atoms with Gasteiger partial charge < -0.3 is 10.8 Å². The van der Waals surface area contributed by atoms with E-state index in [2.05, 4.69) is 0 Å². The summed E-state index contributed by atoms with van der Waals surface area (Å²) in [5, 5.41) is 9.68. The van der Waals surface area contributed by atoms with Crippen molar-refractivity contribution >= 4 is 0 Å². The Morgan fingerprint density at radius 3 is 2.18 bits per heavy atom. The van der Waals surface area contributed by atoms with Crippen LogP contribution in [0.4, 0.5) is 0 Å². The highest BCUT2D eigenvalue weighted by molar-refractivity contribution is 4.92. The average molecular weight is 155 g/mol.